The van der Waals surface area contributed by atoms with Crippen molar-refractivity contribution < 1.29 is 0 Å². The highest BCUT2D eigenvalue weighted by atomic mass is 32.1. The summed E-state index contributed by atoms with van der Waals surface area (Å²) >= 11 is 4.28. The number of rotatable bonds is 3. The second-order valence-corrected chi connectivity index (χ2v) is 4.73. The van der Waals surface area contributed by atoms with Crippen LogP contribution in [0.5, 0.6) is 0 Å². The van der Waals surface area contributed by atoms with Gasteiger partial charge in [-0.15, -0.1) is 0 Å². The van der Waals surface area contributed by atoms with Gasteiger partial charge < -0.3 is 4.57 Å². The SMILES string of the molecule is Cc1cccc(=O)n1CC(C)(C)CS. The quantitative estimate of drug-likeness (QED) is 0.760. The van der Waals surface area contributed by atoms with Crippen LogP contribution in [0.3, 0.4) is 0 Å². The van der Waals surface area contributed by atoms with Gasteiger partial charge in [-0.3, -0.25) is 4.79 Å². The first-order chi connectivity index (χ1) is 6.46. The molecule has 0 spiro atoms. The third-order valence-corrected chi connectivity index (χ3v) is 3.14. The average Bonchev–Trinajstić information content (AvgIpc) is 2.12. The zero-order valence-corrected chi connectivity index (χ0v) is 9.84. The summed E-state index contributed by atoms with van der Waals surface area (Å²) in [6.07, 6.45) is 0. The Bertz CT molecular complexity index is 368. The summed E-state index contributed by atoms with van der Waals surface area (Å²) in [5.74, 6) is 0.772. The molecular weight excluding hydrogens is 194 g/mol. The maximum absolute atomic E-state index is 11.6. The molecule has 0 saturated carbocycles. The van der Waals surface area contributed by atoms with E-state index in [0.29, 0.717) is 0 Å². The second kappa shape index (κ2) is 4.22. The van der Waals surface area contributed by atoms with E-state index in [1.54, 1.807) is 16.7 Å². The lowest BCUT2D eigenvalue weighted by Crippen LogP contribution is -2.30. The van der Waals surface area contributed by atoms with E-state index < -0.39 is 0 Å². The summed E-state index contributed by atoms with van der Waals surface area (Å²) < 4.78 is 1.80. The van der Waals surface area contributed by atoms with Crippen molar-refractivity contribution in [1.29, 1.82) is 0 Å². The van der Waals surface area contributed by atoms with Crippen LogP contribution in [-0.4, -0.2) is 10.3 Å². The molecule has 0 radical (unpaired) electrons. The van der Waals surface area contributed by atoms with Crippen LogP contribution < -0.4 is 5.56 Å². The largest absolute Gasteiger partial charge is 0.312 e. The van der Waals surface area contributed by atoms with Crippen molar-refractivity contribution in [1.82, 2.24) is 4.57 Å². The van der Waals surface area contributed by atoms with Crippen LogP contribution in [0.4, 0.5) is 0 Å². The van der Waals surface area contributed by atoms with Gasteiger partial charge in [0.2, 0.25) is 0 Å². The van der Waals surface area contributed by atoms with Crippen LogP contribution in [0.1, 0.15) is 19.5 Å². The van der Waals surface area contributed by atoms with Gasteiger partial charge in [0.25, 0.3) is 5.56 Å². The average molecular weight is 211 g/mol. The first-order valence-electron chi connectivity index (χ1n) is 4.73. The number of aromatic nitrogens is 1. The molecule has 14 heavy (non-hydrogen) atoms. The standard InChI is InChI=1S/C11H17NOS/c1-9-5-4-6-10(13)12(9)7-11(2,3)8-14/h4-6,14H,7-8H2,1-3H3. The summed E-state index contributed by atoms with van der Waals surface area (Å²) in [6.45, 7) is 6.90. The minimum atomic E-state index is 0.0546. The fourth-order valence-electron chi connectivity index (χ4n) is 1.30. The molecule has 0 saturated heterocycles. The van der Waals surface area contributed by atoms with Crippen LogP contribution in [-0.2, 0) is 6.54 Å². The highest BCUT2D eigenvalue weighted by molar-refractivity contribution is 7.80. The molecule has 3 heteroatoms. The molecule has 0 bridgehead atoms. The molecule has 1 rings (SSSR count). The number of thiol groups is 1. The van der Waals surface area contributed by atoms with Crippen LogP contribution in [0, 0.1) is 12.3 Å². The number of hydrogen-bond acceptors (Lipinski definition) is 2. The van der Waals surface area contributed by atoms with Gasteiger partial charge in [-0.05, 0) is 24.2 Å². The molecule has 0 amide bonds. The van der Waals surface area contributed by atoms with Gasteiger partial charge in [-0.2, -0.15) is 12.6 Å². The van der Waals surface area contributed by atoms with Gasteiger partial charge in [-0.1, -0.05) is 19.9 Å². The maximum atomic E-state index is 11.6. The van der Waals surface area contributed by atoms with Crippen LogP contribution in [0.25, 0.3) is 0 Å². The van der Waals surface area contributed by atoms with E-state index >= 15 is 0 Å². The molecule has 0 aliphatic rings. The predicted molar refractivity (Wildman–Crippen MR) is 63.1 cm³/mol. The molecule has 0 unspecified atom stereocenters. The minimum absolute atomic E-state index is 0.0546. The third kappa shape index (κ3) is 2.64. The van der Waals surface area contributed by atoms with Crippen molar-refractivity contribution in [2.24, 2.45) is 5.41 Å². The molecule has 1 aromatic heterocycles. The van der Waals surface area contributed by atoms with E-state index in [2.05, 4.69) is 26.5 Å². The van der Waals surface area contributed by atoms with Crippen molar-refractivity contribution in [2.45, 2.75) is 27.3 Å². The van der Waals surface area contributed by atoms with Crippen molar-refractivity contribution in [2.75, 3.05) is 5.75 Å². The van der Waals surface area contributed by atoms with Gasteiger partial charge >= 0.3 is 0 Å². The van der Waals surface area contributed by atoms with Crippen molar-refractivity contribution in [3.05, 3.63) is 34.2 Å². The Morgan fingerprint density at radius 3 is 2.57 bits per heavy atom. The van der Waals surface area contributed by atoms with Gasteiger partial charge in [-0.25, -0.2) is 0 Å². The fraction of sp³-hybridized carbons (Fsp3) is 0.545. The summed E-state index contributed by atoms with van der Waals surface area (Å²) in [5.41, 5.74) is 1.13. The number of pyridine rings is 1. The Morgan fingerprint density at radius 2 is 2.07 bits per heavy atom. The predicted octanol–water partition coefficient (Wildman–Crippen LogP) is 2.11. The van der Waals surface area contributed by atoms with Gasteiger partial charge in [0.05, 0.1) is 0 Å². The Hall–Kier alpha value is -0.700. The number of hydrogen-bond donors (Lipinski definition) is 1. The van der Waals surface area contributed by atoms with Crippen LogP contribution in [0.2, 0.25) is 0 Å². The molecule has 0 aliphatic carbocycles. The van der Waals surface area contributed by atoms with Crippen LogP contribution in [0.15, 0.2) is 23.0 Å². The monoisotopic (exact) mass is 211 g/mol. The molecular formula is C11H17NOS. The molecule has 78 valence electrons. The zero-order valence-electron chi connectivity index (χ0n) is 8.95. The lowest BCUT2D eigenvalue weighted by atomic mass is 9.96. The van der Waals surface area contributed by atoms with Gasteiger partial charge in [0, 0.05) is 18.3 Å². The molecule has 1 heterocycles. The van der Waals surface area contributed by atoms with Gasteiger partial charge in [0.15, 0.2) is 0 Å². The van der Waals surface area contributed by atoms with Crippen LogP contribution >= 0.6 is 12.6 Å². The van der Waals surface area contributed by atoms with Crippen molar-refractivity contribution in [3.63, 3.8) is 0 Å². The van der Waals surface area contributed by atoms with E-state index in [1.165, 1.54) is 0 Å². The molecule has 0 fully saturated rings. The number of nitrogens with zero attached hydrogens (tertiary/aromatic N) is 1. The summed E-state index contributed by atoms with van der Waals surface area (Å²) in [7, 11) is 0. The molecule has 0 aliphatic heterocycles. The molecule has 1 aromatic rings. The summed E-state index contributed by atoms with van der Waals surface area (Å²) in [5, 5.41) is 0. The number of aryl methyl sites for hydroxylation is 1. The highest BCUT2D eigenvalue weighted by Crippen LogP contribution is 2.19. The first-order valence-corrected chi connectivity index (χ1v) is 5.37. The lowest BCUT2D eigenvalue weighted by Gasteiger charge is -2.24. The lowest BCUT2D eigenvalue weighted by molar-refractivity contribution is 0.343. The first kappa shape index (κ1) is 11.4. The van der Waals surface area contributed by atoms with E-state index in [-0.39, 0.29) is 11.0 Å². The maximum Gasteiger partial charge on any atom is 0.250 e. The molecule has 0 aromatic carbocycles. The zero-order chi connectivity index (χ0) is 10.8. The summed E-state index contributed by atoms with van der Waals surface area (Å²) in [4.78, 5) is 11.6. The fourth-order valence-corrected chi connectivity index (χ4v) is 1.40. The molecule has 0 N–H and O–H groups in total. The highest BCUT2D eigenvalue weighted by Gasteiger charge is 2.17. The Labute approximate surface area is 90.4 Å². The van der Waals surface area contributed by atoms with E-state index in [1.807, 2.05) is 13.0 Å². The van der Waals surface area contributed by atoms with Gasteiger partial charge in [0.1, 0.15) is 0 Å². The summed E-state index contributed by atoms with van der Waals surface area (Å²) in [6, 6.07) is 5.35. The second-order valence-electron chi connectivity index (χ2n) is 4.41. The minimum Gasteiger partial charge on any atom is -0.312 e. The normalized spacial score (nSPS) is 11.7. The Kier molecular flexibility index (Phi) is 3.43. The Morgan fingerprint density at radius 1 is 1.43 bits per heavy atom. The van der Waals surface area contributed by atoms with Crippen molar-refractivity contribution >= 4 is 12.6 Å². The van der Waals surface area contributed by atoms with E-state index in [4.69, 9.17) is 0 Å². The van der Waals surface area contributed by atoms with E-state index in [9.17, 15) is 4.79 Å². The van der Waals surface area contributed by atoms with Crippen molar-refractivity contribution in [3.8, 4) is 0 Å². The smallest absolute Gasteiger partial charge is 0.250 e. The molecule has 2 nitrogen and oxygen atoms in total. The molecule has 0 atom stereocenters. The Balaban J connectivity index is 3.03. The third-order valence-electron chi connectivity index (χ3n) is 2.28. The topological polar surface area (TPSA) is 22.0 Å². The van der Waals surface area contributed by atoms with E-state index in [0.717, 1.165) is 18.0 Å².